The monoisotopic (exact) mass is 400 g/mol. The number of nitrogens with one attached hydrogen (secondary N) is 1. The number of fused-ring (bicyclic) bond motifs is 1. The number of anilines is 1. The molecule has 10 heteroatoms. The third-order valence-electron chi connectivity index (χ3n) is 4.82. The summed E-state index contributed by atoms with van der Waals surface area (Å²) >= 11 is 0. The van der Waals surface area contributed by atoms with Crippen molar-refractivity contribution in [3.05, 3.63) is 65.9 Å². The zero-order chi connectivity index (χ0) is 20.5. The molecule has 1 N–H and O–H groups in total. The summed E-state index contributed by atoms with van der Waals surface area (Å²) in [5.41, 5.74) is 0.660. The SMILES string of the molecule is CN1C(=O)[C@@H](NC(=O)c2cn(Cc3ccc(F)c(F)c3)cn2)CCn2nccc21. The average molecular weight is 400 g/mol. The fourth-order valence-corrected chi connectivity index (χ4v) is 3.28. The molecule has 0 fully saturated rings. The van der Waals surface area contributed by atoms with Gasteiger partial charge >= 0.3 is 0 Å². The Kier molecular flexibility index (Phi) is 4.83. The fraction of sp³-hybridized carbons (Fsp3) is 0.263. The molecule has 29 heavy (non-hydrogen) atoms. The lowest BCUT2D eigenvalue weighted by molar-refractivity contribution is -0.120. The number of halogens is 2. The summed E-state index contributed by atoms with van der Waals surface area (Å²) in [5.74, 6) is -1.90. The second-order valence-electron chi connectivity index (χ2n) is 6.80. The number of hydrogen-bond acceptors (Lipinski definition) is 4. The van der Waals surface area contributed by atoms with Crippen molar-refractivity contribution >= 4 is 17.6 Å². The number of aryl methyl sites for hydroxylation is 1. The highest BCUT2D eigenvalue weighted by molar-refractivity contribution is 6.01. The zero-order valence-corrected chi connectivity index (χ0v) is 15.5. The number of hydrogen-bond donors (Lipinski definition) is 1. The first kappa shape index (κ1) is 18.8. The molecule has 2 aromatic heterocycles. The molecular formula is C19H18F2N6O2. The molecule has 2 amide bonds. The molecule has 1 aromatic carbocycles. The number of rotatable bonds is 4. The van der Waals surface area contributed by atoms with Crippen LogP contribution in [-0.4, -0.2) is 44.2 Å². The van der Waals surface area contributed by atoms with E-state index in [-0.39, 0.29) is 18.1 Å². The summed E-state index contributed by atoms with van der Waals surface area (Å²) in [6.07, 6.45) is 4.94. The summed E-state index contributed by atoms with van der Waals surface area (Å²) < 4.78 is 29.7. The Morgan fingerprint density at radius 3 is 2.90 bits per heavy atom. The van der Waals surface area contributed by atoms with Crippen LogP contribution in [0.3, 0.4) is 0 Å². The standard InChI is InChI=1S/C19H18F2N6O2/c1-25-17-4-6-23-27(17)7-5-15(19(25)29)24-18(28)16-10-26(11-22-16)9-12-2-3-13(20)14(21)8-12/h2-4,6,8,10-11,15H,5,7,9H2,1H3,(H,24,28)/t15-/m0/s1. The fourth-order valence-electron chi connectivity index (χ4n) is 3.28. The summed E-state index contributed by atoms with van der Waals surface area (Å²) in [6, 6.07) is 4.64. The largest absolute Gasteiger partial charge is 0.339 e. The minimum atomic E-state index is -0.934. The predicted octanol–water partition coefficient (Wildman–Crippen LogP) is 1.57. The van der Waals surface area contributed by atoms with Gasteiger partial charge in [-0.05, 0) is 24.1 Å². The lowest BCUT2D eigenvalue weighted by atomic mass is 10.2. The van der Waals surface area contributed by atoms with Gasteiger partial charge in [-0.3, -0.25) is 14.5 Å². The number of likely N-dealkylation sites (N-methyl/N-ethyl adjacent to an activating group) is 1. The summed E-state index contributed by atoms with van der Waals surface area (Å²) in [4.78, 5) is 30.7. The summed E-state index contributed by atoms with van der Waals surface area (Å²) in [7, 11) is 1.64. The molecule has 0 bridgehead atoms. The maximum absolute atomic E-state index is 13.3. The number of benzene rings is 1. The molecule has 1 atom stereocenters. The van der Waals surface area contributed by atoms with Crippen molar-refractivity contribution in [1.29, 1.82) is 0 Å². The van der Waals surface area contributed by atoms with Crippen molar-refractivity contribution in [2.75, 3.05) is 11.9 Å². The topological polar surface area (TPSA) is 85.0 Å². The highest BCUT2D eigenvalue weighted by atomic mass is 19.2. The zero-order valence-electron chi connectivity index (χ0n) is 15.5. The molecule has 1 aliphatic rings. The Bertz CT molecular complexity index is 1080. The van der Waals surface area contributed by atoms with E-state index in [2.05, 4.69) is 15.4 Å². The normalized spacial score (nSPS) is 16.4. The van der Waals surface area contributed by atoms with Crippen LogP contribution in [-0.2, 0) is 17.9 Å². The second kappa shape index (κ2) is 7.46. The van der Waals surface area contributed by atoms with Gasteiger partial charge in [-0.2, -0.15) is 5.10 Å². The molecule has 3 aromatic rings. The Morgan fingerprint density at radius 2 is 2.10 bits per heavy atom. The third-order valence-corrected chi connectivity index (χ3v) is 4.82. The van der Waals surface area contributed by atoms with Crippen LogP contribution in [0.15, 0.2) is 43.0 Å². The molecule has 8 nitrogen and oxygen atoms in total. The molecule has 0 saturated carbocycles. The van der Waals surface area contributed by atoms with Gasteiger partial charge in [0.15, 0.2) is 11.6 Å². The van der Waals surface area contributed by atoms with E-state index in [0.29, 0.717) is 24.3 Å². The highest BCUT2D eigenvalue weighted by Crippen LogP contribution is 2.19. The Hall–Kier alpha value is -3.56. The van der Waals surface area contributed by atoms with Gasteiger partial charge in [-0.1, -0.05) is 6.07 Å². The minimum absolute atomic E-state index is 0.130. The van der Waals surface area contributed by atoms with Gasteiger partial charge in [0, 0.05) is 32.4 Å². The van der Waals surface area contributed by atoms with Gasteiger partial charge in [0.25, 0.3) is 11.8 Å². The van der Waals surface area contributed by atoms with E-state index in [1.807, 2.05) is 0 Å². The van der Waals surface area contributed by atoms with Crippen LogP contribution in [0.4, 0.5) is 14.6 Å². The van der Waals surface area contributed by atoms with Gasteiger partial charge in [0.2, 0.25) is 0 Å². The minimum Gasteiger partial charge on any atom is -0.339 e. The van der Waals surface area contributed by atoms with Crippen LogP contribution in [0.2, 0.25) is 0 Å². The van der Waals surface area contributed by atoms with Gasteiger partial charge in [-0.25, -0.2) is 18.4 Å². The number of aromatic nitrogens is 4. The Morgan fingerprint density at radius 1 is 1.28 bits per heavy atom. The maximum atomic E-state index is 13.3. The molecule has 0 unspecified atom stereocenters. The van der Waals surface area contributed by atoms with E-state index < -0.39 is 23.6 Å². The number of amides is 2. The molecule has 0 saturated heterocycles. The van der Waals surface area contributed by atoms with Crippen molar-refractivity contribution in [1.82, 2.24) is 24.6 Å². The van der Waals surface area contributed by atoms with Crippen molar-refractivity contribution < 1.29 is 18.4 Å². The van der Waals surface area contributed by atoms with Gasteiger partial charge in [0.1, 0.15) is 17.6 Å². The van der Waals surface area contributed by atoms with Crippen LogP contribution in [0.5, 0.6) is 0 Å². The van der Waals surface area contributed by atoms with E-state index in [1.54, 1.807) is 28.6 Å². The molecule has 0 radical (unpaired) electrons. The first-order chi connectivity index (χ1) is 13.9. The molecule has 150 valence electrons. The molecule has 0 spiro atoms. The van der Waals surface area contributed by atoms with Crippen LogP contribution in [0.1, 0.15) is 22.5 Å². The second-order valence-corrected chi connectivity index (χ2v) is 6.80. The number of carbonyl (C=O) groups excluding carboxylic acids is 2. The van der Waals surface area contributed by atoms with Crippen molar-refractivity contribution in [2.24, 2.45) is 0 Å². The van der Waals surface area contributed by atoms with Crippen LogP contribution in [0, 0.1) is 11.6 Å². The van der Waals surface area contributed by atoms with Crippen LogP contribution in [0.25, 0.3) is 0 Å². The molecule has 3 heterocycles. The Balaban J connectivity index is 1.43. The van der Waals surface area contributed by atoms with Gasteiger partial charge in [0.05, 0.1) is 12.5 Å². The van der Waals surface area contributed by atoms with E-state index in [1.165, 1.54) is 23.5 Å². The smallest absolute Gasteiger partial charge is 0.272 e. The van der Waals surface area contributed by atoms with Crippen molar-refractivity contribution in [3.8, 4) is 0 Å². The molecular weight excluding hydrogens is 382 g/mol. The highest BCUT2D eigenvalue weighted by Gasteiger charge is 2.30. The van der Waals surface area contributed by atoms with Gasteiger partial charge < -0.3 is 9.88 Å². The molecule has 4 rings (SSSR count). The molecule has 1 aliphatic heterocycles. The Labute approximate surface area is 164 Å². The summed E-state index contributed by atoms with van der Waals surface area (Å²) in [6.45, 7) is 0.720. The van der Waals surface area contributed by atoms with E-state index in [9.17, 15) is 18.4 Å². The van der Waals surface area contributed by atoms with E-state index in [4.69, 9.17) is 0 Å². The third kappa shape index (κ3) is 3.73. The van der Waals surface area contributed by atoms with Crippen molar-refractivity contribution in [3.63, 3.8) is 0 Å². The number of carbonyl (C=O) groups is 2. The van der Waals surface area contributed by atoms with Crippen LogP contribution >= 0.6 is 0 Å². The van der Waals surface area contributed by atoms with E-state index >= 15 is 0 Å². The quantitative estimate of drug-likeness (QED) is 0.721. The summed E-state index contributed by atoms with van der Waals surface area (Å²) in [5, 5.41) is 6.89. The number of nitrogens with zero attached hydrogens (tertiary/aromatic N) is 5. The van der Waals surface area contributed by atoms with Gasteiger partial charge in [-0.15, -0.1) is 0 Å². The first-order valence-electron chi connectivity index (χ1n) is 8.98. The first-order valence-corrected chi connectivity index (χ1v) is 8.98. The van der Waals surface area contributed by atoms with Crippen molar-refractivity contribution in [2.45, 2.75) is 25.6 Å². The van der Waals surface area contributed by atoms with E-state index in [0.717, 1.165) is 12.1 Å². The average Bonchev–Trinajstić information content (AvgIpc) is 3.34. The van der Waals surface area contributed by atoms with Crippen LogP contribution < -0.4 is 10.2 Å². The lowest BCUT2D eigenvalue weighted by Crippen LogP contribution is -2.46. The predicted molar refractivity (Wildman–Crippen MR) is 99.2 cm³/mol. The lowest BCUT2D eigenvalue weighted by Gasteiger charge is -2.20. The maximum Gasteiger partial charge on any atom is 0.272 e. The number of imidazole rings is 1. The molecule has 0 aliphatic carbocycles.